The van der Waals surface area contributed by atoms with Crippen LogP contribution in [0.15, 0.2) is 39.8 Å². The van der Waals surface area contributed by atoms with Crippen LogP contribution in [0.2, 0.25) is 0 Å². The van der Waals surface area contributed by atoms with Gasteiger partial charge < -0.3 is 9.26 Å². The van der Waals surface area contributed by atoms with Crippen molar-refractivity contribution < 1.29 is 14.1 Å². The predicted octanol–water partition coefficient (Wildman–Crippen LogP) is 3.41. The number of allylic oxidation sites excluding steroid dienone is 1. The molecule has 0 aliphatic carbocycles. The Morgan fingerprint density at radius 1 is 1.56 bits per heavy atom. The number of hydrogen-bond donors (Lipinski definition) is 0. The van der Waals surface area contributed by atoms with Gasteiger partial charge >= 0.3 is 5.97 Å². The zero-order valence-electron chi connectivity index (χ0n) is 10.2. The van der Waals surface area contributed by atoms with Gasteiger partial charge in [0.25, 0.3) is 0 Å². The van der Waals surface area contributed by atoms with Crippen LogP contribution in [0.1, 0.15) is 19.5 Å². The maximum absolute atomic E-state index is 11.3. The third kappa shape index (κ3) is 3.30. The van der Waals surface area contributed by atoms with Gasteiger partial charge in [0.2, 0.25) is 0 Å². The summed E-state index contributed by atoms with van der Waals surface area (Å²) in [6.07, 6.45) is 1.44. The Morgan fingerprint density at radius 2 is 2.39 bits per heavy atom. The molecule has 0 radical (unpaired) electrons. The van der Waals surface area contributed by atoms with Gasteiger partial charge in [0.15, 0.2) is 5.76 Å². The molecule has 0 aliphatic rings. The van der Waals surface area contributed by atoms with Gasteiger partial charge in [-0.25, -0.2) is 4.79 Å². The minimum Gasteiger partial charge on any atom is -0.456 e. The first-order chi connectivity index (χ1) is 8.65. The van der Waals surface area contributed by atoms with Gasteiger partial charge in [-0.1, -0.05) is 16.8 Å². The van der Waals surface area contributed by atoms with Gasteiger partial charge in [0.1, 0.15) is 12.3 Å². The summed E-state index contributed by atoms with van der Waals surface area (Å²) >= 11 is 1.57. The molecule has 2 rings (SSSR count). The van der Waals surface area contributed by atoms with Crippen molar-refractivity contribution in [2.75, 3.05) is 0 Å². The quantitative estimate of drug-likeness (QED) is 0.626. The fraction of sp³-hybridized carbons (Fsp3) is 0.231. The van der Waals surface area contributed by atoms with E-state index in [0.29, 0.717) is 11.5 Å². The highest BCUT2D eigenvalue weighted by Gasteiger charge is 2.08. The van der Waals surface area contributed by atoms with Gasteiger partial charge in [-0.3, -0.25) is 0 Å². The van der Waals surface area contributed by atoms with Crippen LogP contribution < -0.4 is 0 Å². The molecule has 0 bridgehead atoms. The average molecular weight is 263 g/mol. The van der Waals surface area contributed by atoms with Crippen molar-refractivity contribution in [2.24, 2.45) is 0 Å². The van der Waals surface area contributed by atoms with Crippen LogP contribution >= 0.6 is 11.3 Å². The van der Waals surface area contributed by atoms with Crippen molar-refractivity contribution in [3.63, 3.8) is 0 Å². The molecular weight excluding hydrogens is 250 g/mol. The second-order valence-corrected chi connectivity index (χ2v) is 4.94. The third-order valence-corrected chi connectivity index (χ3v) is 2.98. The van der Waals surface area contributed by atoms with E-state index in [-0.39, 0.29) is 12.6 Å². The first kappa shape index (κ1) is 12.6. The molecule has 5 heteroatoms. The Morgan fingerprint density at radius 3 is 3.06 bits per heavy atom. The van der Waals surface area contributed by atoms with Crippen LogP contribution in [0.4, 0.5) is 0 Å². The van der Waals surface area contributed by atoms with E-state index in [1.165, 1.54) is 6.08 Å². The van der Waals surface area contributed by atoms with Crippen molar-refractivity contribution in [2.45, 2.75) is 20.5 Å². The van der Waals surface area contributed by atoms with Crippen molar-refractivity contribution in [1.82, 2.24) is 5.16 Å². The van der Waals surface area contributed by atoms with Gasteiger partial charge in [-0.05, 0) is 25.3 Å². The maximum atomic E-state index is 11.3. The molecule has 0 fully saturated rings. The Labute approximate surface area is 109 Å². The van der Waals surface area contributed by atoms with Crippen LogP contribution in [0.5, 0.6) is 0 Å². The normalized spacial score (nSPS) is 10.1. The Kier molecular flexibility index (Phi) is 3.94. The van der Waals surface area contributed by atoms with E-state index in [1.807, 2.05) is 31.4 Å². The Bertz CT molecular complexity index is 551. The van der Waals surface area contributed by atoms with E-state index < -0.39 is 0 Å². The standard InChI is InChI=1S/C13H13NO3S/c1-9(2)6-13(15)16-8-10-7-11(17-14-10)12-4-3-5-18-12/h3-7H,8H2,1-2H3. The maximum Gasteiger partial charge on any atom is 0.331 e. The second-order valence-electron chi connectivity index (χ2n) is 3.99. The second kappa shape index (κ2) is 5.64. The molecule has 0 amide bonds. The molecule has 2 aromatic heterocycles. The lowest BCUT2D eigenvalue weighted by molar-refractivity contribution is -0.139. The summed E-state index contributed by atoms with van der Waals surface area (Å²) in [5.41, 5.74) is 1.51. The monoisotopic (exact) mass is 263 g/mol. The third-order valence-electron chi connectivity index (χ3n) is 2.09. The number of carbonyl (C=O) groups is 1. The molecule has 0 saturated heterocycles. The molecule has 0 spiro atoms. The first-order valence-electron chi connectivity index (χ1n) is 5.46. The number of nitrogens with zero attached hydrogens (tertiary/aromatic N) is 1. The van der Waals surface area contributed by atoms with E-state index in [9.17, 15) is 4.79 Å². The molecule has 94 valence electrons. The zero-order valence-corrected chi connectivity index (χ0v) is 11.0. The Balaban J connectivity index is 1.96. The number of rotatable bonds is 4. The minimum atomic E-state index is -0.365. The van der Waals surface area contributed by atoms with Crippen molar-refractivity contribution in [1.29, 1.82) is 0 Å². The van der Waals surface area contributed by atoms with Crippen LogP contribution in [-0.4, -0.2) is 11.1 Å². The highest BCUT2D eigenvalue weighted by molar-refractivity contribution is 7.13. The van der Waals surface area contributed by atoms with E-state index in [4.69, 9.17) is 9.26 Å². The lowest BCUT2D eigenvalue weighted by Crippen LogP contribution is -2.01. The van der Waals surface area contributed by atoms with Gasteiger partial charge in [0.05, 0.1) is 4.88 Å². The van der Waals surface area contributed by atoms with E-state index in [2.05, 4.69) is 5.16 Å². The molecule has 4 nitrogen and oxygen atoms in total. The lowest BCUT2D eigenvalue weighted by Gasteiger charge is -1.97. The predicted molar refractivity (Wildman–Crippen MR) is 69.0 cm³/mol. The van der Waals surface area contributed by atoms with E-state index >= 15 is 0 Å². The summed E-state index contributed by atoms with van der Waals surface area (Å²) < 4.78 is 10.2. The summed E-state index contributed by atoms with van der Waals surface area (Å²) in [4.78, 5) is 12.3. The van der Waals surface area contributed by atoms with E-state index in [0.717, 1.165) is 10.5 Å². The smallest absolute Gasteiger partial charge is 0.331 e. The van der Waals surface area contributed by atoms with E-state index in [1.54, 1.807) is 17.4 Å². The topological polar surface area (TPSA) is 52.3 Å². The highest BCUT2D eigenvalue weighted by Crippen LogP contribution is 2.25. The summed E-state index contributed by atoms with van der Waals surface area (Å²) in [6.45, 7) is 3.80. The Hall–Kier alpha value is -1.88. The fourth-order valence-electron chi connectivity index (χ4n) is 1.34. The number of thiophene rings is 1. The van der Waals surface area contributed by atoms with Crippen LogP contribution in [0.3, 0.4) is 0 Å². The molecule has 2 aromatic rings. The van der Waals surface area contributed by atoms with Crippen LogP contribution in [0.25, 0.3) is 10.6 Å². The van der Waals surface area contributed by atoms with Crippen LogP contribution in [-0.2, 0) is 16.1 Å². The van der Waals surface area contributed by atoms with Crippen molar-refractivity contribution >= 4 is 17.3 Å². The number of hydrogen-bond acceptors (Lipinski definition) is 5. The largest absolute Gasteiger partial charge is 0.456 e. The number of esters is 1. The summed E-state index contributed by atoms with van der Waals surface area (Å²) in [7, 11) is 0. The SMILES string of the molecule is CC(C)=CC(=O)OCc1cc(-c2cccs2)on1. The molecule has 0 aliphatic heterocycles. The molecular formula is C13H13NO3S. The molecule has 0 atom stereocenters. The van der Waals surface area contributed by atoms with Gasteiger partial charge in [0, 0.05) is 12.1 Å². The fourth-order valence-corrected chi connectivity index (χ4v) is 2.01. The molecule has 0 aromatic carbocycles. The summed E-state index contributed by atoms with van der Waals surface area (Å²) in [6, 6.07) is 5.67. The van der Waals surface area contributed by atoms with Gasteiger partial charge in [-0.15, -0.1) is 11.3 Å². The molecule has 2 heterocycles. The van der Waals surface area contributed by atoms with Gasteiger partial charge in [-0.2, -0.15) is 0 Å². The van der Waals surface area contributed by atoms with Crippen molar-refractivity contribution in [3.8, 4) is 10.6 Å². The van der Waals surface area contributed by atoms with Crippen molar-refractivity contribution in [3.05, 3.63) is 40.9 Å². The molecule has 0 saturated carbocycles. The molecule has 18 heavy (non-hydrogen) atoms. The first-order valence-corrected chi connectivity index (χ1v) is 6.34. The summed E-state index contributed by atoms with van der Waals surface area (Å²) in [5.74, 6) is 0.328. The molecule has 0 N–H and O–H groups in total. The lowest BCUT2D eigenvalue weighted by atomic mass is 10.3. The molecule has 0 unspecified atom stereocenters. The number of ether oxygens (including phenoxy) is 1. The summed E-state index contributed by atoms with van der Waals surface area (Å²) in [5, 5.41) is 5.82. The minimum absolute atomic E-state index is 0.123. The number of carbonyl (C=O) groups excluding carboxylic acids is 1. The highest BCUT2D eigenvalue weighted by atomic mass is 32.1. The number of aromatic nitrogens is 1. The average Bonchev–Trinajstić information content (AvgIpc) is 2.96. The zero-order chi connectivity index (χ0) is 13.0. The van der Waals surface area contributed by atoms with Crippen LogP contribution in [0, 0.1) is 0 Å².